The number of amides is 2. The van der Waals surface area contributed by atoms with Crippen LogP contribution in [0.4, 0.5) is 10.1 Å². The molecule has 140 valence electrons. The van der Waals surface area contributed by atoms with E-state index < -0.39 is 29.8 Å². The van der Waals surface area contributed by atoms with Crippen LogP contribution in [0.2, 0.25) is 5.02 Å². The second kappa shape index (κ2) is 7.08. The Bertz CT molecular complexity index is 777. The number of fused-ring (bicyclic) bond motifs is 1. The summed E-state index contributed by atoms with van der Waals surface area (Å²) in [7, 11) is 0. The Balaban J connectivity index is 1.62. The van der Waals surface area contributed by atoms with Crippen molar-refractivity contribution in [3.8, 4) is 0 Å². The molecule has 0 aromatic heterocycles. The molecule has 6 nitrogen and oxygen atoms in total. The number of anilines is 1. The molecule has 3 rings (SSSR count). The van der Waals surface area contributed by atoms with Gasteiger partial charge in [0, 0.05) is 12.2 Å². The molecule has 0 radical (unpaired) electrons. The summed E-state index contributed by atoms with van der Waals surface area (Å²) in [5.41, 5.74) is 0.222. The predicted octanol–water partition coefficient (Wildman–Crippen LogP) is 2.80. The van der Waals surface area contributed by atoms with E-state index in [4.69, 9.17) is 16.3 Å². The van der Waals surface area contributed by atoms with Crippen molar-refractivity contribution in [2.24, 2.45) is 0 Å². The van der Waals surface area contributed by atoms with Crippen LogP contribution >= 0.6 is 23.4 Å². The number of carbonyl (C=O) groups is 3. The number of hydrogen-bond donors (Lipinski definition) is 1. The van der Waals surface area contributed by atoms with Crippen molar-refractivity contribution < 1.29 is 23.5 Å². The fourth-order valence-electron chi connectivity index (χ4n) is 3.13. The maximum absolute atomic E-state index is 13.1. The first-order valence-corrected chi connectivity index (χ1v) is 9.50. The SMILES string of the molecule is C[C@@H](OC(=O)[C@H]1CS[C@@]2(C)CCC(=O)N12)C(=O)Nc1ccc(F)cc1Cl. The zero-order valence-corrected chi connectivity index (χ0v) is 15.8. The summed E-state index contributed by atoms with van der Waals surface area (Å²) < 4.78 is 18.3. The maximum atomic E-state index is 13.1. The molecule has 0 saturated carbocycles. The van der Waals surface area contributed by atoms with Gasteiger partial charge in [0.15, 0.2) is 6.10 Å². The second-order valence-corrected chi connectivity index (χ2v) is 8.37. The van der Waals surface area contributed by atoms with Gasteiger partial charge in [-0.1, -0.05) is 11.6 Å². The number of hydrogen-bond acceptors (Lipinski definition) is 5. The number of rotatable bonds is 4. The van der Waals surface area contributed by atoms with E-state index in [9.17, 15) is 18.8 Å². The van der Waals surface area contributed by atoms with Gasteiger partial charge in [-0.15, -0.1) is 11.8 Å². The van der Waals surface area contributed by atoms with Gasteiger partial charge in [-0.3, -0.25) is 9.59 Å². The Labute approximate surface area is 159 Å². The lowest BCUT2D eigenvalue weighted by atomic mass is 10.2. The van der Waals surface area contributed by atoms with Gasteiger partial charge in [-0.25, -0.2) is 9.18 Å². The fourth-order valence-corrected chi connectivity index (χ4v) is 4.76. The van der Waals surface area contributed by atoms with E-state index >= 15 is 0 Å². The van der Waals surface area contributed by atoms with E-state index in [-0.39, 0.29) is 21.5 Å². The zero-order valence-electron chi connectivity index (χ0n) is 14.3. The number of esters is 1. The van der Waals surface area contributed by atoms with Crippen LogP contribution in [0.25, 0.3) is 0 Å². The van der Waals surface area contributed by atoms with Gasteiger partial charge in [0.25, 0.3) is 5.91 Å². The van der Waals surface area contributed by atoms with E-state index in [0.29, 0.717) is 18.6 Å². The van der Waals surface area contributed by atoms with Crippen LogP contribution in [-0.4, -0.2) is 45.5 Å². The van der Waals surface area contributed by atoms with Crippen LogP contribution < -0.4 is 5.32 Å². The van der Waals surface area contributed by atoms with Gasteiger partial charge < -0.3 is 15.0 Å². The minimum Gasteiger partial charge on any atom is -0.451 e. The van der Waals surface area contributed by atoms with Crippen molar-refractivity contribution in [3.63, 3.8) is 0 Å². The highest BCUT2D eigenvalue weighted by molar-refractivity contribution is 8.01. The largest absolute Gasteiger partial charge is 0.451 e. The number of nitrogens with zero attached hydrogens (tertiary/aromatic N) is 1. The molecule has 2 saturated heterocycles. The molecule has 26 heavy (non-hydrogen) atoms. The number of halogens is 2. The third kappa shape index (κ3) is 3.53. The van der Waals surface area contributed by atoms with Crippen LogP contribution in [-0.2, 0) is 19.1 Å². The summed E-state index contributed by atoms with van der Waals surface area (Å²) >= 11 is 7.42. The van der Waals surface area contributed by atoms with E-state index in [1.165, 1.54) is 13.0 Å². The van der Waals surface area contributed by atoms with Gasteiger partial charge >= 0.3 is 5.97 Å². The van der Waals surface area contributed by atoms with Gasteiger partial charge in [0.2, 0.25) is 5.91 Å². The molecule has 2 aliphatic rings. The molecule has 2 fully saturated rings. The van der Waals surface area contributed by atoms with Crippen molar-refractivity contribution in [1.82, 2.24) is 4.90 Å². The molecule has 0 spiro atoms. The Hall–Kier alpha value is -1.80. The van der Waals surface area contributed by atoms with Gasteiger partial charge in [0.1, 0.15) is 11.9 Å². The summed E-state index contributed by atoms with van der Waals surface area (Å²) in [6, 6.07) is 2.87. The van der Waals surface area contributed by atoms with E-state index in [2.05, 4.69) is 5.32 Å². The zero-order chi connectivity index (χ0) is 19.1. The second-order valence-electron chi connectivity index (χ2n) is 6.46. The number of benzene rings is 1. The van der Waals surface area contributed by atoms with Crippen molar-refractivity contribution in [2.45, 2.75) is 43.7 Å². The minimum atomic E-state index is -1.09. The van der Waals surface area contributed by atoms with Crippen LogP contribution in [0, 0.1) is 5.82 Å². The summed E-state index contributed by atoms with van der Waals surface area (Å²) in [5, 5.41) is 2.54. The fraction of sp³-hybridized carbons (Fsp3) is 0.471. The van der Waals surface area contributed by atoms with Crippen LogP contribution in [0.3, 0.4) is 0 Å². The third-order valence-corrected chi connectivity index (χ3v) is 6.39. The van der Waals surface area contributed by atoms with Crippen LogP contribution in [0.5, 0.6) is 0 Å². The van der Waals surface area contributed by atoms with Gasteiger partial charge in [-0.05, 0) is 38.5 Å². The molecule has 2 amide bonds. The molecular weight excluding hydrogens is 383 g/mol. The third-order valence-electron chi connectivity index (χ3n) is 4.57. The number of carbonyl (C=O) groups excluding carboxylic acids is 3. The lowest BCUT2D eigenvalue weighted by Gasteiger charge is -2.29. The molecule has 1 aromatic carbocycles. The molecule has 9 heteroatoms. The number of nitrogens with one attached hydrogen (secondary N) is 1. The first-order chi connectivity index (χ1) is 12.2. The van der Waals surface area contributed by atoms with E-state index in [1.807, 2.05) is 6.92 Å². The molecule has 2 aliphatic heterocycles. The average Bonchev–Trinajstić information content (AvgIpc) is 3.06. The summed E-state index contributed by atoms with van der Waals surface area (Å²) in [5.74, 6) is -1.35. The standard InChI is InChI=1S/C17H18ClFN2O4S/c1-9(15(23)20-12-4-3-10(19)7-11(12)18)25-16(24)13-8-26-17(2)6-5-14(22)21(13)17/h3-4,7,9,13H,5-6,8H2,1-2H3,(H,20,23)/t9-,13-,17+/m1/s1. The van der Waals surface area contributed by atoms with Crippen molar-refractivity contribution in [1.29, 1.82) is 0 Å². The lowest BCUT2D eigenvalue weighted by Crippen LogP contribution is -2.48. The molecular formula is C17H18ClFN2O4S. The van der Waals surface area contributed by atoms with Gasteiger partial charge in [-0.2, -0.15) is 0 Å². The summed E-state index contributed by atoms with van der Waals surface area (Å²) in [4.78, 5) is 38.0. The highest BCUT2D eigenvalue weighted by Crippen LogP contribution is 2.47. The Morgan fingerprint density at radius 3 is 2.92 bits per heavy atom. The monoisotopic (exact) mass is 400 g/mol. The normalized spacial score (nSPS) is 25.8. The van der Waals surface area contributed by atoms with Gasteiger partial charge in [0.05, 0.1) is 15.6 Å². The molecule has 0 aliphatic carbocycles. The first-order valence-electron chi connectivity index (χ1n) is 8.14. The molecule has 1 N–H and O–H groups in total. The van der Waals surface area contributed by atoms with Crippen molar-refractivity contribution >= 4 is 46.8 Å². The Kier molecular flexibility index (Phi) is 5.16. The van der Waals surface area contributed by atoms with E-state index in [1.54, 1.807) is 16.7 Å². The number of thioether (sulfide) groups is 1. The molecule has 0 bridgehead atoms. The molecule has 2 heterocycles. The molecule has 1 aromatic rings. The topological polar surface area (TPSA) is 75.7 Å². The molecule has 0 unspecified atom stereocenters. The highest BCUT2D eigenvalue weighted by atomic mass is 35.5. The quantitative estimate of drug-likeness (QED) is 0.786. The van der Waals surface area contributed by atoms with Crippen molar-refractivity contribution in [2.75, 3.05) is 11.1 Å². The van der Waals surface area contributed by atoms with Crippen molar-refractivity contribution in [3.05, 3.63) is 29.0 Å². The predicted molar refractivity (Wildman–Crippen MR) is 96.3 cm³/mol. The Morgan fingerprint density at radius 1 is 1.50 bits per heavy atom. The average molecular weight is 401 g/mol. The van der Waals surface area contributed by atoms with E-state index in [0.717, 1.165) is 12.1 Å². The highest BCUT2D eigenvalue weighted by Gasteiger charge is 2.53. The molecule has 3 atom stereocenters. The smallest absolute Gasteiger partial charge is 0.330 e. The van der Waals surface area contributed by atoms with Crippen LogP contribution in [0.15, 0.2) is 18.2 Å². The summed E-state index contributed by atoms with van der Waals surface area (Å²) in [6.07, 6.45) is 0.0179. The lowest BCUT2D eigenvalue weighted by molar-refractivity contribution is -0.160. The number of ether oxygens (including phenoxy) is 1. The Morgan fingerprint density at radius 2 is 2.23 bits per heavy atom. The first kappa shape index (κ1) is 19.0. The maximum Gasteiger partial charge on any atom is 0.330 e. The van der Waals surface area contributed by atoms with Crippen LogP contribution in [0.1, 0.15) is 26.7 Å². The summed E-state index contributed by atoms with van der Waals surface area (Å²) in [6.45, 7) is 3.36. The minimum absolute atomic E-state index is 0.0440.